The molecule has 1 aromatic carbocycles. The van der Waals surface area contributed by atoms with Gasteiger partial charge in [-0.3, -0.25) is 4.55 Å². The molecule has 0 aliphatic heterocycles. The maximum Gasteiger partial charge on any atom is 2.00 e. The third kappa shape index (κ3) is 18.6. The Labute approximate surface area is 95.1 Å². The van der Waals surface area contributed by atoms with Gasteiger partial charge < -0.3 is 0 Å². The summed E-state index contributed by atoms with van der Waals surface area (Å²) in [6.07, 6.45) is 0.715. The van der Waals surface area contributed by atoms with Crippen molar-refractivity contribution in [1.29, 1.82) is 0 Å². The van der Waals surface area contributed by atoms with Crippen LogP contribution >= 0.6 is 0 Å². The van der Waals surface area contributed by atoms with Gasteiger partial charge in [-0.15, -0.1) is 12.1 Å². The van der Waals surface area contributed by atoms with Gasteiger partial charge in [-0.05, 0) is 0 Å². The van der Waals surface area contributed by atoms with Gasteiger partial charge in [0.1, 0.15) is 0 Å². The van der Waals surface area contributed by atoms with Crippen LogP contribution in [-0.2, 0) is 10.1 Å². The van der Waals surface area contributed by atoms with Crippen LogP contribution in [0, 0.1) is 6.92 Å². The fourth-order valence-corrected chi connectivity index (χ4v) is 0.478. The van der Waals surface area contributed by atoms with Crippen molar-refractivity contribution >= 4 is 33.2 Å². The number of hydrogen-bond acceptors (Lipinski definition) is 2. The van der Waals surface area contributed by atoms with Gasteiger partial charge >= 0.3 is 23.1 Å². The smallest absolute Gasteiger partial charge is 0.286 e. The van der Waals surface area contributed by atoms with Gasteiger partial charge in [0.05, 0.1) is 6.26 Å². The van der Waals surface area contributed by atoms with Crippen molar-refractivity contribution in [2.24, 2.45) is 0 Å². The predicted molar refractivity (Wildman–Crippen MR) is 54.1 cm³/mol. The average Bonchev–Trinajstić information content (AvgIpc) is 1.85. The van der Waals surface area contributed by atoms with Crippen molar-refractivity contribution in [3.8, 4) is 0 Å². The van der Waals surface area contributed by atoms with Crippen LogP contribution in [0.25, 0.3) is 0 Å². The molecule has 0 aliphatic carbocycles. The normalized spacial score (nSPS) is 9.08. The summed E-state index contributed by atoms with van der Waals surface area (Å²) in [6, 6.07) is 9.87. The molecule has 3 nitrogen and oxygen atoms in total. The van der Waals surface area contributed by atoms with Crippen LogP contribution in [0.15, 0.2) is 30.3 Å². The van der Waals surface area contributed by atoms with Crippen molar-refractivity contribution in [2.45, 2.75) is 0 Å². The molecule has 0 atom stereocenters. The fraction of sp³-hybridized carbons (Fsp3) is 0.125. The van der Waals surface area contributed by atoms with Gasteiger partial charge in [0, 0.05) is 0 Å². The van der Waals surface area contributed by atoms with Gasteiger partial charge in [-0.25, -0.2) is 0 Å². The molecule has 0 aliphatic rings. The second-order valence-electron chi connectivity index (χ2n) is 2.22. The third-order valence-corrected chi connectivity index (χ3v) is 0.843. The summed E-state index contributed by atoms with van der Waals surface area (Å²) >= 11 is 0. The number of rotatable bonds is 0. The SMILES string of the molecule is CS(=O)(=O)O.[CH2-]c1ccccc1.[Mg+2]. The van der Waals surface area contributed by atoms with Gasteiger partial charge in [0.15, 0.2) is 0 Å². The van der Waals surface area contributed by atoms with E-state index >= 15 is 0 Å². The van der Waals surface area contributed by atoms with E-state index in [1.165, 1.54) is 0 Å². The van der Waals surface area contributed by atoms with Crippen LogP contribution in [0.3, 0.4) is 0 Å². The Morgan fingerprint density at radius 3 is 1.69 bits per heavy atom. The molecule has 68 valence electrons. The summed E-state index contributed by atoms with van der Waals surface area (Å²) in [7, 11) is -3.67. The van der Waals surface area contributed by atoms with E-state index in [1.807, 2.05) is 30.3 Å². The van der Waals surface area contributed by atoms with Crippen LogP contribution in [-0.4, -0.2) is 42.3 Å². The van der Waals surface area contributed by atoms with Gasteiger partial charge in [-0.1, -0.05) is 6.07 Å². The summed E-state index contributed by atoms with van der Waals surface area (Å²) in [5.41, 5.74) is 1.07. The minimum atomic E-state index is -3.67. The zero-order chi connectivity index (χ0) is 9.61. The summed E-state index contributed by atoms with van der Waals surface area (Å²) in [5.74, 6) is 0. The Kier molecular flexibility index (Phi) is 8.44. The summed E-state index contributed by atoms with van der Waals surface area (Å²) in [4.78, 5) is 0. The molecule has 0 bridgehead atoms. The molecule has 5 heteroatoms. The van der Waals surface area contributed by atoms with Crippen LogP contribution in [0.2, 0.25) is 0 Å². The second-order valence-corrected chi connectivity index (χ2v) is 3.68. The van der Waals surface area contributed by atoms with E-state index in [9.17, 15) is 8.42 Å². The summed E-state index contributed by atoms with van der Waals surface area (Å²) in [6.45, 7) is 3.72. The van der Waals surface area contributed by atoms with E-state index in [0.717, 1.165) is 5.56 Å². The Balaban J connectivity index is 0. The first-order chi connectivity index (χ1) is 5.39. The largest absolute Gasteiger partial charge is 2.00 e. The Bertz CT molecular complexity index is 299. The van der Waals surface area contributed by atoms with E-state index in [1.54, 1.807) is 0 Å². The van der Waals surface area contributed by atoms with Crippen LogP contribution < -0.4 is 0 Å². The summed E-state index contributed by atoms with van der Waals surface area (Å²) < 4.78 is 25.9. The molecule has 0 heterocycles. The van der Waals surface area contributed by atoms with Gasteiger partial charge in [0.2, 0.25) is 0 Å². The van der Waals surface area contributed by atoms with Crippen LogP contribution in [0.5, 0.6) is 0 Å². The standard InChI is InChI=1S/C7H7.CH4O3S.Mg/c1-7-5-3-2-4-6-7;1-5(2,3)4;/h2-6H,1H2;1H3,(H,2,3,4);/q-1;;+2. The maximum atomic E-state index is 9.19. The van der Waals surface area contributed by atoms with E-state index in [-0.39, 0.29) is 23.1 Å². The van der Waals surface area contributed by atoms with Crippen LogP contribution in [0.4, 0.5) is 0 Å². The predicted octanol–water partition coefficient (Wildman–Crippen LogP) is 0.992. The van der Waals surface area contributed by atoms with Crippen LogP contribution in [0.1, 0.15) is 5.56 Å². The molecule has 0 amide bonds. The Hall–Kier alpha value is -0.234. The molecule has 0 radical (unpaired) electrons. The molecule has 1 aromatic rings. The molecule has 0 saturated heterocycles. The van der Waals surface area contributed by atoms with E-state index in [4.69, 9.17) is 4.55 Å². The zero-order valence-corrected chi connectivity index (χ0v) is 9.70. The number of benzene rings is 1. The first-order valence-electron chi connectivity index (χ1n) is 3.19. The molecular formula is C8H11MgO3S+. The molecule has 0 saturated carbocycles. The minimum absolute atomic E-state index is 0. The quantitative estimate of drug-likeness (QED) is 0.396. The topological polar surface area (TPSA) is 54.4 Å². The van der Waals surface area contributed by atoms with Crippen molar-refractivity contribution in [3.05, 3.63) is 42.8 Å². The fourth-order valence-electron chi connectivity index (χ4n) is 0.478. The van der Waals surface area contributed by atoms with Crippen molar-refractivity contribution < 1.29 is 13.0 Å². The van der Waals surface area contributed by atoms with Gasteiger partial charge in [0.25, 0.3) is 10.1 Å². The van der Waals surface area contributed by atoms with Crippen molar-refractivity contribution in [2.75, 3.05) is 6.26 Å². The molecule has 0 aromatic heterocycles. The zero-order valence-electron chi connectivity index (χ0n) is 7.47. The van der Waals surface area contributed by atoms with Crippen molar-refractivity contribution in [1.82, 2.24) is 0 Å². The molecule has 13 heavy (non-hydrogen) atoms. The third-order valence-electron chi connectivity index (χ3n) is 0.843. The average molecular weight is 212 g/mol. The Morgan fingerprint density at radius 2 is 1.54 bits per heavy atom. The summed E-state index contributed by atoms with van der Waals surface area (Å²) in [5, 5.41) is 0. The monoisotopic (exact) mass is 211 g/mol. The minimum Gasteiger partial charge on any atom is -0.286 e. The van der Waals surface area contributed by atoms with E-state index in [0.29, 0.717) is 6.26 Å². The molecule has 0 fully saturated rings. The second kappa shape index (κ2) is 7.20. The van der Waals surface area contributed by atoms with Gasteiger partial charge in [-0.2, -0.15) is 33.0 Å². The number of hydrogen-bond donors (Lipinski definition) is 1. The Morgan fingerprint density at radius 1 is 1.23 bits per heavy atom. The maximum absolute atomic E-state index is 9.19. The van der Waals surface area contributed by atoms with E-state index in [2.05, 4.69) is 6.92 Å². The molecular weight excluding hydrogens is 200 g/mol. The first-order valence-corrected chi connectivity index (χ1v) is 5.04. The molecule has 1 rings (SSSR count). The first kappa shape index (κ1) is 15.2. The molecule has 0 spiro atoms. The molecule has 1 N–H and O–H groups in total. The molecule has 0 unspecified atom stereocenters. The van der Waals surface area contributed by atoms with E-state index < -0.39 is 10.1 Å². The van der Waals surface area contributed by atoms with Crippen molar-refractivity contribution in [3.63, 3.8) is 0 Å².